The molecule has 0 aromatic carbocycles. The van der Waals surface area contributed by atoms with E-state index in [1.165, 1.54) is 24.4 Å². The third kappa shape index (κ3) is 6.94. The zero-order chi connectivity index (χ0) is 9.40. The summed E-state index contributed by atoms with van der Waals surface area (Å²) in [5.41, 5.74) is 0. The average molecular weight is 286 g/mol. The number of carbonyl (C=O) groups is 1. The first kappa shape index (κ1) is 12.3. The van der Waals surface area contributed by atoms with Gasteiger partial charge < -0.3 is 0 Å². The SMILES string of the molecule is CCCC[Te]C(C)CC(=O)OC. The molecule has 0 radical (unpaired) electrons. The number of esters is 1. The fourth-order valence-electron chi connectivity index (χ4n) is 0.806. The van der Waals surface area contributed by atoms with Gasteiger partial charge in [0, 0.05) is 0 Å². The van der Waals surface area contributed by atoms with E-state index in [4.69, 9.17) is 0 Å². The van der Waals surface area contributed by atoms with Crippen molar-refractivity contribution in [2.75, 3.05) is 7.11 Å². The Morgan fingerprint density at radius 1 is 1.58 bits per heavy atom. The van der Waals surface area contributed by atoms with Gasteiger partial charge in [-0.1, -0.05) is 0 Å². The van der Waals surface area contributed by atoms with E-state index in [0.29, 0.717) is 10.4 Å². The average Bonchev–Trinajstić information content (AvgIpc) is 2.05. The van der Waals surface area contributed by atoms with E-state index in [-0.39, 0.29) is 26.9 Å². The molecule has 0 fully saturated rings. The predicted molar refractivity (Wildman–Crippen MR) is 51.5 cm³/mol. The summed E-state index contributed by atoms with van der Waals surface area (Å²) in [5.74, 6) is -0.0518. The summed E-state index contributed by atoms with van der Waals surface area (Å²) in [5, 5.41) is 0. The summed E-state index contributed by atoms with van der Waals surface area (Å²) in [6, 6.07) is 0. The second-order valence-corrected chi connectivity index (χ2v) is 7.23. The van der Waals surface area contributed by atoms with Crippen molar-refractivity contribution in [3.8, 4) is 0 Å². The summed E-state index contributed by atoms with van der Waals surface area (Å²) < 4.78 is 6.58. The van der Waals surface area contributed by atoms with Gasteiger partial charge in [-0.05, 0) is 0 Å². The Kier molecular flexibility index (Phi) is 8.06. The standard InChI is InChI=1S/C9H18O2Te/c1-4-5-6-12-8(2)7-9(10)11-3/h8H,4-7H2,1-3H3. The molecule has 0 aliphatic carbocycles. The van der Waals surface area contributed by atoms with E-state index in [1.54, 1.807) is 0 Å². The van der Waals surface area contributed by atoms with Crippen molar-refractivity contribution in [3.05, 3.63) is 0 Å². The van der Waals surface area contributed by atoms with Gasteiger partial charge in [0.2, 0.25) is 0 Å². The van der Waals surface area contributed by atoms with Crippen molar-refractivity contribution in [1.82, 2.24) is 0 Å². The zero-order valence-electron chi connectivity index (χ0n) is 8.13. The second kappa shape index (κ2) is 7.89. The zero-order valence-corrected chi connectivity index (χ0v) is 10.5. The molecule has 0 aliphatic heterocycles. The van der Waals surface area contributed by atoms with Crippen LogP contribution in [0.15, 0.2) is 0 Å². The van der Waals surface area contributed by atoms with Crippen LogP contribution in [0.1, 0.15) is 33.1 Å². The molecule has 0 aromatic rings. The van der Waals surface area contributed by atoms with Crippen LogP contribution in [0, 0.1) is 0 Å². The Morgan fingerprint density at radius 3 is 2.75 bits per heavy atom. The van der Waals surface area contributed by atoms with Crippen molar-refractivity contribution in [2.45, 2.75) is 41.5 Å². The van der Waals surface area contributed by atoms with Crippen LogP contribution in [0.3, 0.4) is 0 Å². The minimum absolute atomic E-state index is 0.0466. The van der Waals surface area contributed by atoms with Gasteiger partial charge in [-0.25, -0.2) is 0 Å². The molecule has 72 valence electrons. The Labute approximate surface area is 85.1 Å². The maximum absolute atomic E-state index is 10.9. The number of carbonyl (C=O) groups excluding carboxylic acids is 1. The van der Waals surface area contributed by atoms with Crippen molar-refractivity contribution in [3.63, 3.8) is 0 Å². The molecule has 0 saturated heterocycles. The predicted octanol–water partition coefficient (Wildman–Crippen LogP) is 2.28. The molecule has 12 heavy (non-hydrogen) atoms. The molecule has 0 rings (SSSR count). The molecule has 0 aromatic heterocycles. The van der Waals surface area contributed by atoms with Crippen LogP contribution in [0.5, 0.6) is 0 Å². The van der Waals surface area contributed by atoms with Gasteiger partial charge >= 0.3 is 85.1 Å². The molecule has 1 atom stereocenters. The molecule has 2 nitrogen and oxygen atoms in total. The van der Waals surface area contributed by atoms with E-state index in [0.717, 1.165) is 0 Å². The third-order valence-electron chi connectivity index (χ3n) is 1.58. The van der Waals surface area contributed by atoms with Crippen LogP contribution in [0.2, 0.25) is 8.43 Å². The number of rotatable bonds is 6. The summed E-state index contributed by atoms with van der Waals surface area (Å²) >= 11 is 0.0466. The minimum atomic E-state index is -0.0518. The molecule has 0 spiro atoms. The fraction of sp³-hybridized carbons (Fsp3) is 0.889. The molecule has 1 unspecified atom stereocenters. The Morgan fingerprint density at radius 2 is 2.25 bits per heavy atom. The monoisotopic (exact) mass is 288 g/mol. The molecule has 0 aliphatic rings. The molecule has 0 heterocycles. The van der Waals surface area contributed by atoms with Gasteiger partial charge in [-0.2, -0.15) is 0 Å². The van der Waals surface area contributed by atoms with Crippen LogP contribution in [0.25, 0.3) is 0 Å². The van der Waals surface area contributed by atoms with Crippen molar-refractivity contribution in [2.24, 2.45) is 0 Å². The van der Waals surface area contributed by atoms with Gasteiger partial charge in [0.1, 0.15) is 0 Å². The number of hydrogen-bond donors (Lipinski definition) is 0. The van der Waals surface area contributed by atoms with Crippen LogP contribution >= 0.6 is 0 Å². The van der Waals surface area contributed by atoms with Gasteiger partial charge in [0.05, 0.1) is 0 Å². The molecular weight excluding hydrogens is 268 g/mol. The number of methoxy groups -OCH3 is 1. The summed E-state index contributed by atoms with van der Waals surface area (Å²) in [6.07, 6.45) is 3.23. The van der Waals surface area contributed by atoms with Crippen LogP contribution in [-0.4, -0.2) is 34.0 Å². The molecule has 0 bridgehead atoms. The summed E-state index contributed by atoms with van der Waals surface area (Å²) in [4.78, 5) is 10.9. The number of unbranched alkanes of at least 4 members (excludes halogenated alkanes) is 1. The summed E-state index contributed by atoms with van der Waals surface area (Å²) in [7, 11) is 1.46. The van der Waals surface area contributed by atoms with Crippen molar-refractivity contribution >= 4 is 26.9 Å². The van der Waals surface area contributed by atoms with Crippen molar-refractivity contribution in [1.29, 1.82) is 0 Å². The molecular formula is C9H18O2Te. The van der Waals surface area contributed by atoms with E-state index in [2.05, 4.69) is 18.6 Å². The van der Waals surface area contributed by atoms with Gasteiger partial charge in [-0.3, -0.25) is 0 Å². The third-order valence-corrected chi connectivity index (χ3v) is 5.18. The van der Waals surface area contributed by atoms with Crippen LogP contribution in [-0.2, 0) is 9.53 Å². The van der Waals surface area contributed by atoms with Crippen LogP contribution in [0.4, 0.5) is 0 Å². The Hall–Kier alpha value is 0.260. The second-order valence-electron chi connectivity index (χ2n) is 2.82. The van der Waals surface area contributed by atoms with Gasteiger partial charge in [0.25, 0.3) is 0 Å². The van der Waals surface area contributed by atoms with Crippen molar-refractivity contribution < 1.29 is 9.53 Å². The van der Waals surface area contributed by atoms with E-state index in [1.807, 2.05) is 0 Å². The number of ether oxygens (including phenoxy) is 1. The fourth-order valence-corrected chi connectivity index (χ4v) is 3.98. The van der Waals surface area contributed by atoms with Gasteiger partial charge in [-0.15, -0.1) is 0 Å². The Balaban J connectivity index is 3.32. The Bertz CT molecular complexity index is 126. The van der Waals surface area contributed by atoms with E-state index in [9.17, 15) is 4.79 Å². The molecule has 0 amide bonds. The normalized spacial score (nSPS) is 12.6. The summed E-state index contributed by atoms with van der Waals surface area (Å²) in [6.45, 7) is 4.37. The molecule has 3 heteroatoms. The van der Waals surface area contributed by atoms with Gasteiger partial charge in [0.15, 0.2) is 0 Å². The molecule has 0 N–H and O–H groups in total. The quantitative estimate of drug-likeness (QED) is 0.425. The first-order valence-corrected chi connectivity index (χ1v) is 7.38. The first-order valence-electron chi connectivity index (χ1n) is 4.39. The number of hydrogen-bond acceptors (Lipinski definition) is 2. The van der Waals surface area contributed by atoms with Crippen LogP contribution < -0.4 is 0 Å². The van der Waals surface area contributed by atoms with E-state index < -0.39 is 0 Å². The molecule has 0 saturated carbocycles. The topological polar surface area (TPSA) is 26.3 Å². The maximum atomic E-state index is 10.9. The first-order chi connectivity index (χ1) is 5.70. The van der Waals surface area contributed by atoms with E-state index >= 15 is 0 Å².